The van der Waals surface area contributed by atoms with Gasteiger partial charge < -0.3 is 16.2 Å². The number of ether oxygens (including phenoxy) is 1. The predicted octanol–water partition coefficient (Wildman–Crippen LogP) is 5.86. The summed E-state index contributed by atoms with van der Waals surface area (Å²) in [5.41, 5.74) is 13.2. The van der Waals surface area contributed by atoms with Gasteiger partial charge in [0.2, 0.25) is 0 Å². The van der Waals surface area contributed by atoms with Crippen molar-refractivity contribution in [2.75, 3.05) is 17.1 Å². The van der Waals surface area contributed by atoms with Gasteiger partial charge in [0.1, 0.15) is 39.6 Å². The maximum Gasteiger partial charge on any atom is 0.265 e. The first-order chi connectivity index (χ1) is 19.9. The summed E-state index contributed by atoms with van der Waals surface area (Å²) < 4.78 is 80.4. The van der Waals surface area contributed by atoms with E-state index in [4.69, 9.17) is 16.2 Å². The first-order valence-corrected chi connectivity index (χ1v) is 15.3. The summed E-state index contributed by atoms with van der Waals surface area (Å²) in [7, 11) is -4.64. The van der Waals surface area contributed by atoms with Gasteiger partial charge in [-0.25, -0.2) is 26.6 Å². The molecule has 2 aromatic carbocycles. The molecule has 0 unspecified atom stereocenters. The van der Waals surface area contributed by atoms with Crippen LogP contribution < -0.4 is 20.9 Å². The second kappa shape index (κ2) is 11.4. The summed E-state index contributed by atoms with van der Waals surface area (Å²) >= 11 is 0. The molecule has 1 fully saturated rings. The zero-order valence-corrected chi connectivity index (χ0v) is 24.3. The molecule has 0 saturated heterocycles. The summed E-state index contributed by atoms with van der Waals surface area (Å²) in [4.78, 5) is 3.61. The van der Waals surface area contributed by atoms with Gasteiger partial charge in [-0.1, -0.05) is 0 Å². The molecule has 5 N–H and O–H groups in total. The number of aromatic nitrogens is 3. The molecule has 0 spiro atoms. The molecule has 5 rings (SSSR count). The van der Waals surface area contributed by atoms with Gasteiger partial charge in [0, 0.05) is 36.0 Å². The monoisotopic (exact) mass is 602 g/mol. The van der Waals surface area contributed by atoms with Crippen LogP contribution in [0.3, 0.4) is 0 Å². The zero-order valence-electron chi connectivity index (χ0n) is 23.5. The minimum absolute atomic E-state index is 0.0827. The van der Waals surface area contributed by atoms with Crippen molar-refractivity contribution in [3.8, 4) is 17.0 Å². The lowest BCUT2D eigenvalue weighted by Crippen LogP contribution is -2.26. The number of halogens is 3. The highest BCUT2D eigenvalue weighted by atomic mass is 32.2. The molecular formula is C29H33F3N6O3S. The topological polar surface area (TPSA) is 138 Å². The lowest BCUT2D eigenvalue weighted by atomic mass is 9.82. The van der Waals surface area contributed by atoms with Crippen molar-refractivity contribution < 1.29 is 26.3 Å². The van der Waals surface area contributed by atoms with Crippen molar-refractivity contribution in [1.29, 1.82) is 0 Å². The van der Waals surface area contributed by atoms with Crippen LogP contribution >= 0.6 is 0 Å². The summed E-state index contributed by atoms with van der Waals surface area (Å²) in [6.07, 6.45) is 5.14. The molecule has 224 valence electrons. The smallest absolute Gasteiger partial charge is 0.265 e. The molecule has 2 aromatic heterocycles. The van der Waals surface area contributed by atoms with Crippen LogP contribution in [0.1, 0.15) is 64.0 Å². The van der Waals surface area contributed by atoms with Gasteiger partial charge in [-0.3, -0.25) is 9.40 Å². The SMILES string of the molecule is CCOc1ccc(F)c(S(=O)(=O)Nc2cc(F)c(-c3nn(C(C)C)c4c(C5CCC(N)CC5)cnc(N)c34)cc2F)c1. The number of nitrogens with zero attached hydrogens (tertiary/aromatic N) is 3. The van der Waals surface area contributed by atoms with Crippen molar-refractivity contribution in [2.24, 2.45) is 5.73 Å². The van der Waals surface area contributed by atoms with E-state index in [1.165, 1.54) is 6.07 Å². The Bertz CT molecular complexity index is 1750. The molecule has 0 atom stereocenters. The number of benzene rings is 2. The number of hydrogen-bond donors (Lipinski definition) is 3. The van der Waals surface area contributed by atoms with Crippen LogP contribution in [0.2, 0.25) is 0 Å². The Morgan fingerprint density at radius 2 is 1.79 bits per heavy atom. The second-order valence-electron chi connectivity index (χ2n) is 10.8. The Morgan fingerprint density at radius 3 is 2.45 bits per heavy atom. The van der Waals surface area contributed by atoms with Gasteiger partial charge in [0.05, 0.1) is 23.2 Å². The second-order valence-corrected chi connectivity index (χ2v) is 12.4. The third-order valence-electron chi connectivity index (χ3n) is 7.54. The Kier molecular flexibility index (Phi) is 8.08. The summed E-state index contributed by atoms with van der Waals surface area (Å²) in [6, 6.07) is 4.70. The number of nitrogens with one attached hydrogen (secondary N) is 1. The summed E-state index contributed by atoms with van der Waals surface area (Å²) in [6.45, 7) is 5.74. The van der Waals surface area contributed by atoms with Crippen molar-refractivity contribution in [1.82, 2.24) is 14.8 Å². The maximum atomic E-state index is 15.7. The maximum absolute atomic E-state index is 15.7. The van der Waals surface area contributed by atoms with Gasteiger partial charge in [-0.05, 0) is 76.1 Å². The lowest BCUT2D eigenvalue weighted by molar-refractivity contribution is 0.338. The van der Waals surface area contributed by atoms with Gasteiger partial charge in [0.25, 0.3) is 10.0 Å². The van der Waals surface area contributed by atoms with E-state index in [0.29, 0.717) is 17.0 Å². The highest BCUT2D eigenvalue weighted by Crippen LogP contribution is 2.42. The van der Waals surface area contributed by atoms with Crippen molar-refractivity contribution in [3.05, 3.63) is 59.5 Å². The minimum Gasteiger partial charge on any atom is -0.494 e. The van der Waals surface area contributed by atoms with Gasteiger partial charge >= 0.3 is 0 Å². The zero-order chi connectivity index (χ0) is 30.3. The van der Waals surface area contributed by atoms with E-state index in [0.717, 1.165) is 49.4 Å². The van der Waals surface area contributed by atoms with Gasteiger partial charge in [-0.2, -0.15) is 5.10 Å². The van der Waals surface area contributed by atoms with Crippen LogP contribution in [-0.4, -0.2) is 35.8 Å². The van der Waals surface area contributed by atoms with E-state index in [2.05, 4.69) is 10.1 Å². The molecule has 13 heteroatoms. The number of nitrogen functional groups attached to an aromatic ring is 1. The van der Waals surface area contributed by atoms with Crippen LogP contribution in [0.5, 0.6) is 5.75 Å². The number of rotatable bonds is 8. The number of fused-ring (bicyclic) bond motifs is 1. The third kappa shape index (κ3) is 5.50. The molecule has 0 amide bonds. The molecule has 1 aliphatic carbocycles. The van der Waals surface area contributed by atoms with E-state index in [1.807, 2.05) is 18.6 Å². The van der Waals surface area contributed by atoms with E-state index in [-0.39, 0.29) is 47.4 Å². The minimum atomic E-state index is -4.64. The number of anilines is 2. The van der Waals surface area contributed by atoms with E-state index in [1.54, 1.807) is 17.8 Å². The highest BCUT2D eigenvalue weighted by Gasteiger charge is 2.29. The molecule has 1 saturated carbocycles. The van der Waals surface area contributed by atoms with Crippen LogP contribution in [0.25, 0.3) is 22.2 Å². The molecule has 0 aliphatic heterocycles. The average Bonchev–Trinajstić information content (AvgIpc) is 3.34. The number of pyridine rings is 1. The molecule has 2 heterocycles. The predicted molar refractivity (Wildman–Crippen MR) is 155 cm³/mol. The molecular weight excluding hydrogens is 569 g/mol. The van der Waals surface area contributed by atoms with Crippen LogP contribution in [0.15, 0.2) is 41.4 Å². The number of hydrogen-bond acceptors (Lipinski definition) is 7. The molecule has 42 heavy (non-hydrogen) atoms. The van der Waals surface area contributed by atoms with E-state index >= 15 is 8.78 Å². The van der Waals surface area contributed by atoms with Crippen molar-refractivity contribution in [3.63, 3.8) is 0 Å². The standard InChI is InChI=1S/C29H33F3N6O3S/c1-4-41-18-9-10-21(30)25(11-18)42(39,40)37-24-13-22(31)19(12-23(24)32)27-26-28(38(36-27)15(2)3)20(14-35-29(26)34)16-5-7-17(33)8-6-16/h9-17,37H,4-8,33H2,1-3H3,(H2,34,35). The first kappa shape index (κ1) is 29.6. The molecule has 1 aliphatic rings. The van der Waals surface area contributed by atoms with Crippen LogP contribution in [0.4, 0.5) is 24.7 Å². The van der Waals surface area contributed by atoms with Crippen LogP contribution in [0, 0.1) is 17.5 Å². The van der Waals surface area contributed by atoms with Crippen molar-refractivity contribution >= 4 is 32.4 Å². The van der Waals surface area contributed by atoms with E-state index in [9.17, 15) is 12.8 Å². The fourth-order valence-corrected chi connectivity index (χ4v) is 6.61. The summed E-state index contributed by atoms with van der Waals surface area (Å²) in [5.74, 6) is -2.75. The fraction of sp³-hybridized carbons (Fsp3) is 0.379. The third-order valence-corrected chi connectivity index (χ3v) is 8.92. The lowest BCUT2D eigenvalue weighted by Gasteiger charge is -2.27. The highest BCUT2D eigenvalue weighted by molar-refractivity contribution is 7.92. The molecule has 4 aromatic rings. The Hall–Kier alpha value is -3.84. The Labute approximate surface area is 242 Å². The normalized spacial score (nSPS) is 17.6. The quantitative estimate of drug-likeness (QED) is 0.230. The van der Waals surface area contributed by atoms with Crippen LogP contribution in [-0.2, 0) is 10.0 Å². The number of nitrogens with two attached hydrogens (primary N) is 2. The van der Waals surface area contributed by atoms with E-state index < -0.39 is 38.1 Å². The molecule has 0 bridgehead atoms. The van der Waals surface area contributed by atoms with Gasteiger partial charge in [0.15, 0.2) is 0 Å². The number of sulfonamides is 1. The fourth-order valence-electron chi connectivity index (χ4n) is 5.46. The first-order valence-electron chi connectivity index (χ1n) is 13.8. The molecule has 0 radical (unpaired) electrons. The van der Waals surface area contributed by atoms with Crippen molar-refractivity contribution in [2.45, 2.75) is 69.4 Å². The Balaban J connectivity index is 1.58. The summed E-state index contributed by atoms with van der Waals surface area (Å²) in [5, 5.41) is 5.03. The largest absolute Gasteiger partial charge is 0.494 e. The van der Waals surface area contributed by atoms with Gasteiger partial charge in [-0.15, -0.1) is 0 Å². The molecule has 9 nitrogen and oxygen atoms in total. The average molecular weight is 603 g/mol. The Morgan fingerprint density at radius 1 is 1.07 bits per heavy atom.